The number of thioether (sulfide) groups is 1. The fourth-order valence-electron chi connectivity index (χ4n) is 2.77. The topological polar surface area (TPSA) is 54.9 Å². The van der Waals surface area contributed by atoms with Gasteiger partial charge in [-0.05, 0) is 49.6 Å². The third-order valence-corrected chi connectivity index (χ3v) is 5.07. The summed E-state index contributed by atoms with van der Waals surface area (Å²) in [4.78, 5) is 5.61. The predicted octanol–water partition coefficient (Wildman–Crippen LogP) is 2.97. The maximum atomic E-state index is 5.89. The molecule has 1 aliphatic heterocycles. The van der Waals surface area contributed by atoms with Crippen molar-refractivity contribution in [2.75, 3.05) is 39.7 Å². The van der Waals surface area contributed by atoms with Crippen LogP contribution in [0.2, 0.25) is 0 Å². The SMILES string of the molecule is CN=C(NCCCOC1CCOCC1)NCc1ccc(C)cc1SC. The van der Waals surface area contributed by atoms with Gasteiger partial charge in [-0.2, -0.15) is 0 Å². The van der Waals surface area contributed by atoms with Crippen molar-refractivity contribution in [3.8, 4) is 0 Å². The van der Waals surface area contributed by atoms with E-state index in [1.807, 2.05) is 0 Å². The van der Waals surface area contributed by atoms with Crippen molar-refractivity contribution in [3.63, 3.8) is 0 Å². The largest absolute Gasteiger partial charge is 0.381 e. The van der Waals surface area contributed by atoms with Crippen molar-refractivity contribution in [1.29, 1.82) is 0 Å². The van der Waals surface area contributed by atoms with Crippen molar-refractivity contribution in [2.24, 2.45) is 4.99 Å². The van der Waals surface area contributed by atoms with E-state index in [0.29, 0.717) is 6.10 Å². The number of hydrogen-bond acceptors (Lipinski definition) is 4. The average Bonchev–Trinajstić information content (AvgIpc) is 2.65. The van der Waals surface area contributed by atoms with Crippen molar-refractivity contribution >= 4 is 17.7 Å². The maximum Gasteiger partial charge on any atom is 0.191 e. The number of ether oxygens (including phenoxy) is 2. The van der Waals surface area contributed by atoms with Gasteiger partial charge in [0, 0.05) is 44.9 Å². The summed E-state index contributed by atoms with van der Waals surface area (Å²) in [5, 5.41) is 6.74. The van der Waals surface area contributed by atoms with Gasteiger partial charge in [-0.1, -0.05) is 12.1 Å². The second kappa shape index (κ2) is 11.4. The molecule has 1 aliphatic rings. The molecule has 1 aromatic rings. The zero-order valence-corrected chi connectivity index (χ0v) is 16.5. The lowest BCUT2D eigenvalue weighted by atomic mass is 10.1. The summed E-state index contributed by atoms with van der Waals surface area (Å²) < 4.78 is 11.2. The normalized spacial score (nSPS) is 16.0. The Morgan fingerprint density at radius 2 is 2.12 bits per heavy atom. The molecule has 140 valence electrons. The van der Waals surface area contributed by atoms with E-state index in [1.54, 1.807) is 18.8 Å². The monoisotopic (exact) mass is 365 g/mol. The quantitative estimate of drug-likeness (QED) is 0.321. The molecular formula is C19H31N3O2S. The first kappa shape index (κ1) is 20.1. The van der Waals surface area contributed by atoms with Crippen LogP contribution in [0.1, 0.15) is 30.4 Å². The lowest BCUT2D eigenvalue weighted by molar-refractivity contribution is -0.0320. The van der Waals surface area contributed by atoms with Crippen LogP contribution in [-0.2, 0) is 16.0 Å². The lowest BCUT2D eigenvalue weighted by Gasteiger charge is -2.22. The minimum atomic E-state index is 0.373. The maximum absolute atomic E-state index is 5.89. The fourth-order valence-corrected chi connectivity index (χ4v) is 3.48. The Bertz CT molecular complexity index is 545. The molecule has 0 unspecified atom stereocenters. The third kappa shape index (κ3) is 7.26. The highest BCUT2D eigenvalue weighted by atomic mass is 32.2. The molecule has 0 saturated carbocycles. The van der Waals surface area contributed by atoms with Crippen LogP contribution in [0.15, 0.2) is 28.1 Å². The molecule has 1 heterocycles. The van der Waals surface area contributed by atoms with Gasteiger partial charge in [0.2, 0.25) is 0 Å². The van der Waals surface area contributed by atoms with E-state index in [0.717, 1.165) is 58.1 Å². The molecule has 0 radical (unpaired) electrons. The fraction of sp³-hybridized carbons (Fsp3) is 0.632. The molecular weight excluding hydrogens is 334 g/mol. The van der Waals surface area contributed by atoms with Gasteiger partial charge in [-0.25, -0.2) is 0 Å². The molecule has 2 N–H and O–H groups in total. The van der Waals surface area contributed by atoms with Crippen LogP contribution in [0.3, 0.4) is 0 Å². The van der Waals surface area contributed by atoms with Crippen molar-refractivity contribution in [3.05, 3.63) is 29.3 Å². The van der Waals surface area contributed by atoms with Crippen molar-refractivity contribution in [1.82, 2.24) is 10.6 Å². The molecule has 5 nitrogen and oxygen atoms in total. The van der Waals surface area contributed by atoms with Crippen LogP contribution in [0.5, 0.6) is 0 Å². The summed E-state index contributed by atoms with van der Waals surface area (Å²) in [6.07, 6.45) is 5.50. The van der Waals surface area contributed by atoms with Crippen molar-refractivity contribution in [2.45, 2.75) is 43.7 Å². The summed E-state index contributed by atoms with van der Waals surface area (Å²) in [6, 6.07) is 6.56. The van der Waals surface area contributed by atoms with Crippen LogP contribution in [0.25, 0.3) is 0 Å². The number of rotatable bonds is 8. The van der Waals surface area contributed by atoms with E-state index in [2.05, 4.69) is 47.0 Å². The van der Waals surface area contributed by atoms with E-state index in [-0.39, 0.29) is 0 Å². The highest BCUT2D eigenvalue weighted by Crippen LogP contribution is 2.21. The average molecular weight is 366 g/mol. The number of hydrogen-bond donors (Lipinski definition) is 2. The van der Waals surface area contributed by atoms with Crippen LogP contribution >= 0.6 is 11.8 Å². The molecule has 0 amide bonds. The highest BCUT2D eigenvalue weighted by Gasteiger charge is 2.13. The highest BCUT2D eigenvalue weighted by molar-refractivity contribution is 7.98. The van der Waals surface area contributed by atoms with Gasteiger partial charge in [0.15, 0.2) is 5.96 Å². The van der Waals surface area contributed by atoms with E-state index >= 15 is 0 Å². The lowest BCUT2D eigenvalue weighted by Crippen LogP contribution is -2.37. The number of guanidine groups is 1. The minimum absolute atomic E-state index is 0.373. The Kier molecular flexibility index (Phi) is 9.15. The van der Waals surface area contributed by atoms with Gasteiger partial charge < -0.3 is 20.1 Å². The van der Waals surface area contributed by atoms with Gasteiger partial charge in [-0.3, -0.25) is 4.99 Å². The van der Waals surface area contributed by atoms with Crippen LogP contribution < -0.4 is 10.6 Å². The summed E-state index contributed by atoms with van der Waals surface area (Å²) >= 11 is 1.78. The standard InChI is InChI=1S/C19H31N3O2S/c1-15-5-6-16(18(13-15)25-3)14-22-19(20-2)21-9-4-10-24-17-7-11-23-12-8-17/h5-6,13,17H,4,7-12,14H2,1-3H3,(H2,20,21,22). The Hall–Kier alpha value is -1.24. The number of aliphatic imine (C=N–C) groups is 1. The van der Waals surface area contributed by atoms with Gasteiger partial charge in [0.05, 0.1) is 6.10 Å². The van der Waals surface area contributed by atoms with E-state index in [1.165, 1.54) is 16.0 Å². The molecule has 1 fully saturated rings. The molecule has 6 heteroatoms. The van der Waals surface area contributed by atoms with E-state index in [4.69, 9.17) is 9.47 Å². The second-order valence-corrected chi connectivity index (χ2v) is 7.05. The van der Waals surface area contributed by atoms with Crippen LogP contribution in [0, 0.1) is 6.92 Å². The number of benzene rings is 1. The number of nitrogens with zero attached hydrogens (tertiary/aromatic N) is 1. The summed E-state index contributed by atoms with van der Waals surface area (Å²) in [7, 11) is 1.80. The molecule has 0 atom stereocenters. The second-order valence-electron chi connectivity index (χ2n) is 6.20. The Labute approximate surface area is 156 Å². The van der Waals surface area contributed by atoms with Crippen LogP contribution in [-0.4, -0.2) is 51.7 Å². The minimum Gasteiger partial charge on any atom is -0.381 e. The Balaban J connectivity index is 1.65. The first-order valence-electron chi connectivity index (χ1n) is 9.00. The zero-order valence-electron chi connectivity index (χ0n) is 15.6. The molecule has 0 bridgehead atoms. The summed E-state index contributed by atoms with van der Waals surface area (Å²) in [5.74, 6) is 0.832. The molecule has 25 heavy (non-hydrogen) atoms. The zero-order chi connectivity index (χ0) is 17.9. The first-order chi connectivity index (χ1) is 12.2. The number of aryl methyl sites for hydroxylation is 1. The third-order valence-electron chi connectivity index (χ3n) is 4.25. The summed E-state index contributed by atoms with van der Waals surface area (Å²) in [5.41, 5.74) is 2.59. The van der Waals surface area contributed by atoms with Crippen LogP contribution in [0.4, 0.5) is 0 Å². The molecule has 1 aromatic carbocycles. The molecule has 1 saturated heterocycles. The van der Waals surface area contributed by atoms with Gasteiger partial charge >= 0.3 is 0 Å². The predicted molar refractivity (Wildman–Crippen MR) is 106 cm³/mol. The molecule has 2 rings (SSSR count). The Morgan fingerprint density at radius 3 is 2.84 bits per heavy atom. The molecule has 0 aromatic heterocycles. The Morgan fingerprint density at radius 1 is 1.32 bits per heavy atom. The number of nitrogens with one attached hydrogen (secondary N) is 2. The first-order valence-corrected chi connectivity index (χ1v) is 10.2. The van der Waals surface area contributed by atoms with E-state index in [9.17, 15) is 0 Å². The smallest absolute Gasteiger partial charge is 0.191 e. The van der Waals surface area contributed by atoms with Gasteiger partial charge in [0.1, 0.15) is 0 Å². The van der Waals surface area contributed by atoms with Crippen molar-refractivity contribution < 1.29 is 9.47 Å². The van der Waals surface area contributed by atoms with Gasteiger partial charge in [0.25, 0.3) is 0 Å². The van der Waals surface area contributed by atoms with Gasteiger partial charge in [-0.15, -0.1) is 11.8 Å². The van der Waals surface area contributed by atoms with E-state index < -0.39 is 0 Å². The molecule has 0 spiro atoms. The molecule has 0 aliphatic carbocycles. The summed E-state index contributed by atoms with van der Waals surface area (Å²) in [6.45, 7) is 6.19.